The van der Waals surface area contributed by atoms with E-state index < -0.39 is 23.1 Å². The monoisotopic (exact) mass is 540 g/mol. The van der Waals surface area contributed by atoms with Crippen molar-refractivity contribution in [3.05, 3.63) is 74.7 Å². The van der Waals surface area contributed by atoms with Crippen LogP contribution in [0.3, 0.4) is 0 Å². The van der Waals surface area contributed by atoms with Gasteiger partial charge in [-0.05, 0) is 43.9 Å². The van der Waals surface area contributed by atoms with Crippen LogP contribution in [0.1, 0.15) is 81.6 Å². The molecule has 4 N–H and O–H groups in total. The van der Waals surface area contributed by atoms with E-state index in [0.29, 0.717) is 11.2 Å². The molecule has 39 heavy (non-hydrogen) atoms. The number of carbonyl (C=O) groups is 2. The fourth-order valence-electron chi connectivity index (χ4n) is 4.85. The highest BCUT2D eigenvalue weighted by molar-refractivity contribution is 5.98. The number of nitrogens with one attached hydrogen (secondary N) is 3. The van der Waals surface area contributed by atoms with Crippen molar-refractivity contribution in [2.75, 3.05) is 11.9 Å². The summed E-state index contributed by atoms with van der Waals surface area (Å²) in [5.41, 5.74) is 0.246. The number of hydrogen-bond acceptors (Lipinski definition) is 5. The van der Waals surface area contributed by atoms with Crippen LogP contribution in [-0.2, 0) is 4.79 Å². The van der Waals surface area contributed by atoms with E-state index in [9.17, 15) is 23.6 Å². The normalized spacial score (nSPS) is 13.5. The van der Waals surface area contributed by atoms with Crippen LogP contribution in [0, 0.1) is 5.82 Å². The molecule has 1 aromatic carbocycles. The first-order valence-corrected chi connectivity index (χ1v) is 13.5. The maximum Gasteiger partial charge on any atom is 0.305 e. The highest BCUT2D eigenvalue weighted by Crippen LogP contribution is 2.29. The second-order valence-corrected chi connectivity index (χ2v) is 9.70. The molecule has 0 atom stereocenters. The Kier molecular flexibility index (Phi) is 10.8. The van der Waals surface area contributed by atoms with Crippen molar-refractivity contribution < 1.29 is 19.1 Å². The second kappa shape index (κ2) is 14.3. The second-order valence-electron chi connectivity index (χ2n) is 9.70. The van der Waals surface area contributed by atoms with Crippen LogP contribution in [0.25, 0.3) is 10.9 Å². The van der Waals surface area contributed by atoms with Gasteiger partial charge in [-0.1, -0.05) is 39.2 Å². The molecule has 0 saturated heterocycles. The molecule has 1 aliphatic rings. The van der Waals surface area contributed by atoms with Crippen molar-refractivity contribution in [2.45, 2.75) is 77.3 Å². The molecule has 0 radical (unpaired) electrons. The number of aliphatic carboxylic acids is 1. The van der Waals surface area contributed by atoms with Gasteiger partial charge < -0.3 is 25.3 Å². The lowest BCUT2D eigenvalue weighted by atomic mass is 9.95. The summed E-state index contributed by atoms with van der Waals surface area (Å²) in [6.07, 6.45) is 9.85. The zero-order valence-electron chi connectivity index (χ0n) is 22.5. The molecule has 3 aromatic rings. The molecule has 0 bridgehead atoms. The van der Waals surface area contributed by atoms with Gasteiger partial charge in [0.05, 0.1) is 17.6 Å². The Morgan fingerprint density at radius 2 is 1.85 bits per heavy atom. The van der Waals surface area contributed by atoms with Crippen LogP contribution < -0.4 is 21.6 Å². The molecule has 10 heteroatoms. The molecule has 0 aliphatic heterocycles. The lowest BCUT2D eigenvalue weighted by molar-refractivity contribution is -0.136. The van der Waals surface area contributed by atoms with Crippen LogP contribution in [-0.4, -0.2) is 39.1 Å². The van der Waals surface area contributed by atoms with Gasteiger partial charge in [0.15, 0.2) is 0 Å². The van der Waals surface area contributed by atoms with E-state index in [1.165, 1.54) is 24.8 Å². The van der Waals surface area contributed by atoms with E-state index in [-0.39, 0.29) is 41.6 Å². The van der Waals surface area contributed by atoms with Crippen LogP contribution >= 0.6 is 0 Å². The number of pyridine rings is 2. The molecular formula is C29H37FN4O5. The largest absolute Gasteiger partial charge is 0.481 e. The summed E-state index contributed by atoms with van der Waals surface area (Å²) >= 11 is 0. The Labute approximate surface area is 226 Å². The highest BCUT2D eigenvalue weighted by Gasteiger charge is 2.21. The lowest BCUT2D eigenvalue weighted by Gasteiger charge is -2.25. The molecule has 0 unspecified atom stereocenters. The minimum atomic E-state index is -1.04. The average Bonchev–Trinajstić information content (AvgIpc) is 2.92. The SMILES string of the molecule is CCC(CC)n1cc(C(=O)NCCC(=O)O)c(=O)c2cc(F)c(NC3CCCCC3)cc21.O=c1cccc[nH]1. The van der Waals surface area contributed by atoms with E-state index >= 15 is 0 Å². The van der Waals surface area contributed by atoms with Crippen molar-refractivity contribution in [3.8, 4) is 0 Å². The number of amides is 1. The smallest absolute Gasteiger partial charge is 0.305 e. The summed E-state index contributed by atoms with van der Waals surface area (Å²) in [7, 11) is 0. The number of rotatable bonds is 9. The molecular weight excluding hydrogens is 503 g/mol. The van der Waals surface area contributed by atoms with Gasteiger partial charge in [-0.15, -0.1) is 0 Å². The third kappa shape index (κ3) is 8.02. The number of nitrogens with zero attached hydrogens (tertiary/aromatic N) is 1. The maximum atomic E-state index is 15.0. The van der Waals surface area contributed by atoms with E-state index in [2.05, 4.69) is 15.6 Å². The van der Waals surface area contributed by atoms with E-state index in [4.69, 9.17) is 5.11 Å². The molecule has 2 aromatic heterocycles. The third-order valence-corrected chi connectivity index (χ3v) is 6.97. The van der Waals surface area contributed by atoms with Crippen LogP contribution in [0.2, 0.25) is 0 Å². The number of carboxylic acids is 1. The summed E-state index contributed by atoms with van der Waals surface area (Å²) in [4.78, 5) is 49.1. The topological polar surface area (TPSA) is 133 Å². The summed E-state index contributed by atoms with van der Waals surface area (Å²) in [6, 6.07) is 8.07. The number of aromatic nitrogens is 2. The first-order chi connectivity index (χ1) is 18.7. The van der Waals surface area contributed by atoms with E-state index in [1.54, 1.807) is 24.4 Å². The zero-order valence-corrected chi connectivity index (χ0v) is 22.5. The molecule has 0 spiro atoms. The molecule has 210 valence electrons. The number of benzene rings is 1. The molecule has 1 aliphatic carbocycles. The summed E-state index contributed by atoms with van der Waals surface area (Å²) < 4.78 is 16.9. The molecule has 1 amide bonds. The van der Waals surface area contributed by atoms with Crippen LogP contribution in [0.5, 0.6) is 0 Å². The number of fused-ring (bicyclic) bond motifs is 1. The van der Waals surface area contributed by atoms with Crippen LogP contribution in [0.15, 0.2) is 52.3 Å². The first kappa shape index (κ1) is 29.6. The molecule has 4 rings (SSSR count). The molecule has 1 saturated carbocycles. The Morgan fingerprint density at radius 1 is 1.13 bits per heavy atom. The Morgan fingerprint density at radius 3 is 2.41 bits per heavy atom. The summed E-state index contributed by atoms with van der Waals surface area (Å²) in [5.74, 6) is -2.21. The van der Waals surface area contributed by atoms with Crippen molar-refractivity contribution in [1.29, 1.82) is 0 Å². The maximum absolute atomic E-state index is 15.0. The number of carboxylic acid groups (broad SMARTS) is 1. The number of carbonyl (C=O) groups excluding carboxylic acids is 1. The Bertz CT molecular complexity index is 1370. The molecule has 1 fully saturated rings. The average molecular weight is 541 g/mol. The number of aromatic amines is 1. The van der Waals surface area contributed by atoms with Gasteiger partial charge in [0.1, 0.15) is 11.4 Å². The zero-order chi connectivity index (χ0) is 28.4. The van der Waals surface area contributed by atoms with Gasteiger partial charge in [-0.2, -0.15) is 0 Å². The number of H-pyrrole nitrogens is 1. The van der Waals surface area contributed by atoms with Gasteiger partial charge in [0.25, 0.3) is 5.91 Å². The highest BCUT2D eigenvalue weighted by atomic mass is 19.1. The van der Waals surface area contributed by atoms with Crippen molar-refractivity contribution in [1.82, 2.24) is 14.9 Å². The Hall–Kier alpha value is -3.95. The van der Waals surface area contributed by atoms with Crippen LogP contribution in [0.4, 0.5) is 10.1 Å². The van der Waals surface area contributed by atoms with E-state index in [0.717, 1.165) is 38.5 Å². The predicted octanol–water partition coefficient (Wildman–Crippen LogP) is 4.83. The molecule has 9 nitrogen and oxygen atoms in total. The van der Waals surface area contributed by atoms with E-state index in [1.807, 2.05) is 18.4 Å². The Balaban J connectivity index is 0.000000520. The van der Waals surface area contributed by atoms with Gasteiger partial charge in [0.2, 0.25) is 11.0 Å². The minimum absolute atomic E-state index is 0.0247. The van der Waals surface area contributed by atoms with Gasteiger partial charge in [-0.3, -0.25) is 19.2 Å². The lowest BCUT2D eigenvalue weighted by Crippen LogP contribution is -2.32. The fourth-order valence-corrected chi connectivity index (χ4v) is 4.85. The van der Waals surface area contributed by atoms with Gasteiger partial charge >= 0.3 is 5.97 Å². The third-order valence-electron chi connectivity index (χ3n) is 6.97. The first-order valence-electron chi connectivity index (χ1n) is 13.5. The summed E-state index contributed by atoms with van der Waals surface area (Å²) in [5, 5.41) is 14.7. The van der Waals surface area contributed by atoms with Gasteiger partial charge in [-0.25, -0.2) is 4.39 Å². The van der Waals surface area contributed by atoms with Crippen molar-refractivity contribution in [2.24, 2.45) is 0 Å². The van der Waals surface area contributed by atoms with Gasteiger partial charge in [0, 0.05) is 42.5 Å². The number of anilines is 1. The standard InChI is InChI=1S/C24H32FN3O4.C5H5NO/c1-3-16(4-2)28-14-18(24(32)26-11-10-22(29)30)23(31)17-12-19(25)20(13-21(17)28)27-15-8-6-5-7-9-15;7-5-3-1-2-4-6-5/h12-16,27H,3-11H2,1-2H3,(H,26,32)(H,29,30);1-4H,(H,6,7). The number of hydrogen-bond donors (Lipinski definition) is 4. The van der Waals surface area contributed by atoms with Crippen molar-refractivity contribution >= 4 is 28.5 Å². The predicted molar refractivity (Wildman–Crippen MR) is 150 cm³/mol. The minimum Gasteiger partial charge on any atom is -0.481 e. The number of halogens is 1. The molecule has 2 heterocycles. The fraction of sp³-hybridized carbons (Fsp3) is 0.448. The quantitative estimate of drug-likeness (QED) is 0.307. The summed E-state index contributed by atoms with van der Waals surface area (Å²) in [6.45, 7) is 3.96. The van der Waals surface area contributed by atoms with Crippen molar-refractivity contribution in [3.63, 3.8) is 0 Å².